The van der Waals surface area contributed by atoms with Gasteiger partial charge < -0.3 is 4.74 Å². The van der Waals surface area contributed by atoms with Crippen LogP contribution in [0.15, 0.2) is 71.6 Å². The maximum atomic E-state index is 12.8. The van der Waals surface area contributed by atoms with E-state index in [-0.39, 0.29) is 35.9 Å². The van der Waals surface area contributed by atoms with E-state index in [1.807, 2.05) is 18.2 Å². The van der Waals surface area contributed by atoms with Crippen LogP contribution in [-0.4, -0.2) is 21.0 Å². The molecule has 212 valence electrons. The minimum absolute atomic E-state index is 0.0611. The number of halogens is 1. The zero-order chi connectivity index (χ0) is 29.4. The van der Waals surface area contributed by atoms with Gasteiger partial charge in [-0.25, -0.2) is 37.0 Å². The Bertz CT molecular complexity index is 1310. The number of nitrogens with zero attached hydrogens (tertiary/aromatic N) is 1. The molecule has 39 heavy (non-hydrogen) atoms. The van der Waals surface area contributed by atoms with E-state index < -0.39 is 20.3 Å². The Morgan fingerprint density at radius 2 is 1.36 bits per heavy atom. The van der Waals surface area contributed by atoms with Crippen LogP contribution in [0.25, 0.3) is 11.1 Å². The molecule has 0 spiro atoms. The first-order valence-electron chi connectivity index (χ1n) is 12.1. The largest absolute Gasteiger partial charge is 0.461 e. The Labute approximate surface area is 231 Å². The molecule has 0 unspecified atom stereocenters. The number of benzene rings is 2. The molecule has 3 rings (SSSR count). The molecule has 2 N–H and O–H groups in total. The van der Waals surface area contributed by atoms with E-state index in [0.29, 0.717) is 6.42 Å². The van der Waals surface area contributed by atoms with Gasteiger partial charge in [-0.15, -0.1) is 10.2 Å². The fourth-order valence-corrected chi connectivity index (χ4v) is 4.42. The molecule has 0 saturated heterocycles. The Hall–Kier alpha value is -2.90. The van der Waals surface area contributed by atoms with E-state index in [1.54, 1.807) is 12.1 Å². The Morgan fingerprint density at radius 3 is 1.79 bits per heavy atom. The topological polar surface area (TPSA) is 183 Å². The van der Waals surface area contributed by atoms with E-state index in [2.05, 4.69) is 56.5 Å². The van der Waals surface area contributed by atoms with Crippen molar-refractivity contribution < 1.29 is 51.4 Å². The number of hydrogen-bond donors (Lipinski definition) is 1. The lowest BCUT2D eigenvalue weighted by Gasteiger charge is -2.17. The van der Waals surface area contributed by atoms with Crippen molar-refractivity contribution in [3.05, 3.63) is 83.7 Å². The molecular weight excluding hydrogens is 548 g/mol. The number of pyridine rings is 1. The van der Waals surface area contributed by atoms with E-state index in [9.17, 15) is 13.2 Å². The van der Waals surface area contributed by atoms with Gasteiger partial charge in [0.05, 0.1) is 11.5 Å². The van der Waals surface area contributed by atoms with Crippen molar-refractivity contribution in [1.29, 1.82) is 0 Å². The highest BCUT2D eigenvalue weighted by atomic mass is 35.7. The van der Waals surface area contributed by atoms with Crippen LogP contribution >= 0.6 is 0 Å². The van der Waals surface area contributed by atoms with Crippen molar-refractivity contribution in [2.24, 2.45) is 5.14 Å². The van der Waals surface area contributed by atoms with Gasteiger partial charge in [0, 0.05) is 30.4 Å². The highest BCUT2D eigenvalue weighted by Crippen LogP contribution is 2.26. The zero-order valence-electron chi connectivity index (χ0n) is 22.2. The van der Waals surface area contributed by atoms with Gasteiger partial charge in [-0.3, -0.25) is 0 Å². The van der Waals surface area contributed by atoms with Crippen LogP contribution in [0.3, 0.4) is 0 Å². The number of esters is 1. The molecule has 0 atom stereocenters. The first kappa shape index (κ1) is 32.3. The van der Waals surface area contributed by atoms with Gasteiger partial charge in [-0.1, -0.05) is 70.2 Å². The van der Waals surface area contributed by atoms with Crippen LogP contribution in [0.2, 0.25) is 0 Å². The van der Waals surface area contributed by atoms with Gasteiger partial charge >= 0.3 is 5.97 Å². The van der Waals surface area contributed by atoms with Crippen molar-refractivity contribution in [1.82, 2.24) is 0 Å². The average molecular weight is 581 g/mol. The van der Waals surface area contributed by atoms with Crippen molar-refractivity contribution in [3.8, 4) is 11.1 Å². The molecule has 2 aromatic carbocycles. The number of hydrogen-bond acceptors (Lipinski definition) is 8. The van der Waals surface area contributed by atoms with E-state index >= 15 is 0 Å². The molecule has 3 aromatic rings. The van der Waals surface area contributed by atoms with Crippen molar-refractivity contribution in [3.63, 3.8) is 0 Å². The second-order valence-electron chi connectivity index (χ2n) is 9.39. The summed E-state index contributed by atoms with van der Waals surface area (Å²) in [6, 6.07) is 20.8. The van der Waals surface area contributed by atoms with Crippen LogP contribution < -0.4 is 28.3 Å². The third-order valence-corrected chi connectivity index (χ3v) is 6.64. The first-order valence-corrected chi connectivity index (χ1v) is 14.9. The summed E-state index contributed by atoms with van der Waals surface area (Å²) in [6.07, 6.45) is 0.488. The van der Waals surface area contributed by atoms with Crippen LogP contribution in [-0.2, 0) is 32.5 Å². The normalized spacial score (nSPS) is 11.8. The summed E-state index contributed by atoms with van der Waals surface area (Å²) in [4.78, 5) is 12.8. The summed E-state index contributed by atoms with van der Waals surface area (Å²) < 4.78 is 64.3. The zero-order valence-corrected chi connectivity index (χ0v) is 23.8. The molecule has 12 heteroatoms. The number of sulfonamides is 1. The number of primary sulfonamides is 1. The molecule has 0 saturated carbocycles. The predicted octanol–water partition coefficient (Wildman–Crippen LogP) is -0.435. The summed E-state index contributed by atoms with van der Waals surface area (Å²) in [7, 11) is -8.66. The van der Waals surface area contributed by atoms with Crippen LogP contribution in [0.4, 0.5) is 0 Å². The average Bonchev–Trinajstić information content (AvgIpc) is 2.83. The Morgan fingerprint density at radius 1 is 0.872 bits per heavy atom. The molecule has 0 aliphatic carbocycles. The summed E-state index contributed by atoms with van der Waals surface area (Å²) in [5, 5.41) is 5.13. The van der Waals surface area contributed by atoms with Gasteiger partial charge in [-0.05, 0) is 28.8 Å². The Kier molecular flexibility index (Phi) is 11.6. The monoisotopic (exact) mass is 580 g/mol. The van der Waals surface area contributed by atoms with E-state index in [1.165, 1.54) is 12.1 Å². The molecule has 0 amide bonds. The van der Waals surface area contributed by atoms with Crippen molar-refractivity contribution in [2.45, 2.75) is 57.4 Å². The quantitative estimate of drug-likeness (QED) is 0.261. The number of aromatic nitrogens is 1. The molecule has 1 aromatic heterocycles. The highest BCUT2D eigenvalue weighted by molar-refractivity contribution is 7.89. The second-order valence-corrected chi connectivity index (χ2v) is 11.7. The van der Waals surface area contributed by atoms with Crippen LogP contribution in [0.5, 0.6) is 0 Å². The molecule has 0 radical (unpaired) electrons. The first-order chi connectivity index (χ1) is 18.1. The molecule has 0 aliphatic rings. The maximum Gasteiger partial charge on any atom is 0.372 e. The minimum atomic E-state index is -4.94. The third-order valence-electron chi connectivity index (χ3n) is 5.71. The standard InChI is InChI=1S/C27H33N2O4S.ClHO4/c1-19(2)25-16-23(22-8-6-5-7-9-22)17-26(20(3)4)29(25)18-27(30)33-15-14-21-10-12-24(13-11-21)34(28,31)32;2-1(3,4)5/h5-13,16-17,19-20H,14-15,18H2,1-4H3,(H2,28,31,32);(H,2,3,4,5)/q+1;/p-1. The lowest BCUT2D eigenvalue weighted by molar-refractivity contribution is -2.00. The maximum absolute atomic E-state index is 12.8. The van der Waals surface area contributed by atoms with Gasteiger partial charge in [0.15, 0.2) is 11.4 Å². The SMILES string of the molecule is CC(C)c1cc(-c2ccccc2)cc(C(C)C)[n+]1CC(=O)OCCc1ccc(S(N)(=O)=O)cc1.[O-][Cl+3]([O-])([O-])[O-]. The van der Waals surface area contributed by atoms with Gasteiger partial charge in [-0.2, -0.15) is 4.57 Å². The third kappa shape index (κ3) is 11.0. The number of rotatable bonds is 9. The number of carbonyl (C=O) groups excluding carboxylic acids is 1. The summed E-state index contributed by atoms with van der Waals surface area (Å²) in [5.41, 5.74) is 5.32. The molecule has 0 aliphatic heterocycles. The lowest BCUT2D eigenvalue weighted by atomic mass is 9.97. The molecular formula is C27H33ClN2O8S. The van der Waals surface area contributed by atoms with Crippen LogP contribution in [0.1, 0.15) is 56.5 Å². The summed E-state index contributed by atoms with van der Waals surface area (Å²) in [5.74, 6) is 0.153. The van der Waals surface area contributed by atoms with Gasteiger partial charge in [0.25, 0.3) is 0 Å². The minimum Gasteiger partial charge on any atom is -0.461 e. The van der Waals surface area contributed by atoms with Gasteiger partial charge in [0.2, 0.25) is 16.6 Å². The molecule has 1 heterocycles. The summed E-state index contributed by atoms with van der Waals surface area (Å²) in [6.45, 7) is 8.86. The smallest absolute Gasteiger partial charge is 0.372 e. The van der Waals surface area contributed by atoms with E-state index in [0.717, 1.165) is 28.1 Å². The van der Waals surface area contributed by atoms with E-state index in [4.69, 9.17) is 28.5 Å². The fourth-order valence-electron chi connectivity index (χ4n) is 3.91. The predicted molar refractivity (Wildman–Crippen MR) is 133 cm³/mol. The van der Waals surface area contributed by atoms with Crippen molar-refractivity contribution in [2.75, 3.05) is 6.61 Å². The second kappa shape index (κ2) is 13.9. The van der Waals surface area contributed by atoms with Crippen LogP contribution in [0, 0.1) is 10.2 Å². The number of nitrogens with two attached hydrogens (primary N) is 1. The Balaban J connectivity index is 0.000000976. The lowest BCUT2D eigenvalue weighted by Crippen LogP contribution is -2.68. The number of carbonyl (C=O) groups is 1. The van der Waals surface area contributed by atoms with Gasteiger partial charge in [0.1, 0.15) is 0 Å². The molecule has 0 fully saturated rings. The summed E-state index contributed by atoms with van der Waals surface area (Å²) >= 11 is 0. The van der Waals surface area contributed by atoms with Crippen molar-refractivity contribution >= 4 is 16.0 Å². The fraction of sp³-hybridized carbons (Fsp3) is 0.333. The highest BCUT2D eigenvalue weighted by Gasteiger charge is 2.26. The number of ether oxygens (including phenoxy) is 1. The molecule has 10 nitrogen and oxygen atoms in total. The molecule has 0 bridgehead atoms.